The highest BCUT2D eigenvalue weighted by Crippen LogP contribution is 2.35. The minimum atomic E-state index is -0.422. The van der Waals surface area contributed by atoms with Gasteiger partial charge >= 0.3 is 5.97 Å². The first-order valence-electron chi connectivity index (χ1n) is 10.4. The Bertz CT molecular complexity index is 1220. The lowest BCUT2D eigenvalue weighted by Crippen LogP contribution is -2.22. The summed E-state index contributed by atoms with van der Waals surface area (Å²) in [5, 5.41) is 0. The number of hydrogen-bond donors (Lipinski definition) is 0. The summed E-state index contributed by atoms with van der Waals surface area (Å²) in [4.78, 5) is 30.5. The maximum Gasteiger partial charge on any atom is 0.325 e. The van der Waals surface area contributed by atoms with Gasteiger partial charge < -0.3 is 23.5 Å². The highest BCUT2D eigenvalue weighted by molar-refractivity contribution is 7.99. The van der Waals surface area contributed by atoms with Crippen LogP contribution < -0.4 is 19.0 Å². The number of thiazole rings is 1. The van der Waals surface area contributed by atoms with E-state index < -0.39 is 5.97 Å². The summed E-state index contributed by atoms with van der Waals surface area (Å²) in [6.45, 7) is 0.899. The van der Waals surface area contributed by atoms with Crippen LogP contribution in [0.3, 0.4) is 0 Å². The van der Waals surface area contributed by atoms with Gasteiger partial charge in [0, 0.05) is 23.4 Å². The molecule has 3 aromatic rings. The van der Waals surface area contributed by atoms with Crippen LogP contribution in [0.2, 0.25) is 0 Å². The Balaban J connectivity index is 1.48. The summed E-state index contributed by atoms with van der Waals surface area (Å²) in [5.41, 5.74) is 0.747. The number of thioether (sulfide) groups is 1. The first-order chi connectivity index (χ1) is 16.1. The van der Waals surface area contributed by atoms with Gasteiger partial charge in [0.15, 0.2) is 16.3 Å². The van der Waals surface area contributed by atoms with Crippen LogP contribution in [0.1, 0.15) is 12.8 Å². The number of aromatic nitrogens is 1. The van der Waals surface area contributed by atoms with Gasteiger partial charge in [-0.3, -0.25) is 9.59 Å². The van der Waals surface area contributed by atoms with Crippen molar-refractivity contribution in [1.29, 1.82) is 0 Å². The molecule has 0 radical (unpaired) electrons. The summed E-state index contributed by atoms with van der Waals surface area (Å²) < 4.78 is 23.9. The number of rotatable bonds is 8. The minimum Gasteiger partial charge on any atom is -0.497 e. The Kier molecular flexibility index (Phi) is 7.56. The fourth-order valence-electron chi connectivity index (χ4n) is 3.29. The molecule has 0 saturated heterocycles. The van der Waals surface area contributed by atoms with Gasteiger partial charge in [-0.2, -0.15) is 4.99 Å². The highest BCUT2D eigenvalue weighted by Gasteiger charge is 2.18. The summed E-state index contributed by atoms with van der Waals surface area (Å²) in [6.07, 6.45) is 1.01. The van der Waals surface area contributed by atoms with E-state index >= 15 is 0 Å². The molecule has 1 amide bonds. The molecule has 0 fully saturated rings. The maximum absolute atomic E-state index is 12.6. The van der Waals surface area contributed by atoms with Crippen molar-refractivity contribution in [1.82, 2.24) is 4.57 Å². The largest absolute Gasteiger partial charge is 0.497 e. The van der Waals surface area contributed by atoms with Gasteiger partial charge in [-0.05, 0) is 36.4 Å². The molecule has 2 heterocycles. The molecule has 1 aliphatic rings. The first kappa shape index (κ1) is 23.2. The molecule has 1 aromatic heterocycles. The number of ether oxygens (including phenoxy) is 4. The van der Waals surface area contributed by atoms with Crippen LogP contribution in [-0.4, -0.2) is 49.6 Å². The van der Waals surface area contributed by atoms with Crippen LogP contribution in [0.25, 0.3) is 10.2 Å². The van der Waals surface area contributed by atoms with Crippen molar-refractivity contribution >= 4 is 45.2 Å². The van der Waals surface area contributed by atoms with E-state index in [-0.39, 0.29) is 12.5 Å². The molecule has 1 aliphatic heterocycles. The Labute approximate surface area is 199 Å². The van der Waals surface area contributed by atoms with Gasteiger partial charge in [-0.15, -0.1) is 11.8 Å². The number of esters is 1. The third-order valence-electron chi connectivity index (χ3n) is 4.95. The molecule has 0 N–H and O–H groups in total. The van der Waals surface area contributed by atoms with Crippen molar-refractivity contribution in [2.75, 3.05) is 33.2 Å². The molecule has 0 saturated carbocycles. The van der Waals surface area contributed by atoms with Gasteiger partial charge in [0.2, 0.25) is 5.91 Å². The van der Waals surface area contributed by atoms with Crippen LogP contribution in [0.4, 0.5) is 0 Å². The zero-order chi connectivity index (χ0) is 23.2. The Morgan fingerprint density at radius 3 is 2.55 bits per heavy atom. The van der Waals surface area contributed by atoms with Gasteiger partial charge in [-0.1, -0.05) is 11.3 Å². The van der Waals surface area contributed by atoms with Crippen molar-refractivity contribution in [2.24, 2.45) is 4.99 Å². The van der Waals surface area contributed by atoms with E-state index in [2.05, 4.69) is 4.99 Å². The molecular weight excluding hydrogens is 464 g/mol. The van der Waals surface area contributed by atoms with Crippen molar-refractivity contribution in [3.05, 3.63) is 41.2 Å². The minimum absolute atomic E-state index is 0.0461. The lowest BCUT2D eigenvalue weighted by molar-refractivity contribution is -0.141. The standard InChI is InChI=1S/C23H24N2O6S2/c1-28-15-5-7-16(8-6-15)32-11-3-4-21(26)24-23-25(14-22(27)29-2)17-12-18-19(13-20(17)33-23)31-10-9-30-18/h5-8,12-13H,3-4,9-11,14H2,1-2H3. The number of hydrogen-bond acceptors (Lipinski definition) is 8. The van der Waals surface area contributed by atoms with Crippen molar-refractivity contribution in [3.63, 3.8) is 0 Å². The lowest BCUT2D eigenvalue weighted by Gasteiger charge is -2.18. The lowest BCUT2D eigenvalue weighted by atomic mass is 10.2. The van der Waals surface area contributed by atoms with Gasteiger partial charge in [0.25, 0.3) is 0 Å². The fraction of sp³-hybridized carbons (Fsp3) is 0.348. The topological polar surface area (TPSA) is 88.4 Å². The second-order valence-corrected chi connectivity index (χ2v) is 9.32. The Hall–Kier alpha value is -2.98. The molecular formula is C23H24N2O6S2. The van der Waals surface area contributed by atoms with E-state index in [4.69, 9.17) is 18.9 Å². The Morgan fingerprint density at radius 2 is 1.85 bits per heavy atom. The smallest absolute Gasteiger partial charge is 0.325 e. The highest BCUT2D eigenvalue weighted by atomic mass is 32.2. The number of carbonyl (C=O) groups is 2. The second kappa shape index (κ2) is 10.8. The molecule has 4 rings (SSSR count). The SMILES string of the molecule is COC(=O)Cn1c(=NC(=O)CCCSc2ccc(OC)cc2)sc2cc3c(cc21)OCCO3. The molecule has 0 aliphatic carbocycles. The van der Waals surface area contributed by atoms with Gasteiger partial charge in [-0.25, -0.2) is 0 Å². The van der Waals surface area contributed by atoms with Crippen LogP contribution >= 0.6 is 23.1 Å². The summed E-state index contributed by atoms with van der Waals surface area (Å²) in [7, 11) is 2.97. The molecule has 0 atom stereocenters. The molecule has 8 nitrogen and oxygen atoms in total. The number of carbonyl (C=O) groups excluding carboxylic acids is 2. The van der Waals surface area contributed by atoms with E-state index in [0.29, 0.717) is 42.4 Å². The molecule has 0 spiro atoms. The van der Waals surface area contributed by atoms with E-state index in [1.807, 2.05) is 36.4 Å². The maximum atomic E-state index is 12.6. The molecule has 174 valence electrons. The average Bonchev–Trinajstić information content (AvgIpc) is 3.15. The summed E-state index contributed by atoms with van der Waals surface area (Å²) in [6, 6.07) is 11.5. The fourth-order valence-corrected chi connectivity index (χ4v) is 5.20. The van der Waals surface area contributed by atoms with E-state index in [1.54, 1.807) is 23.4 Å². The second-order valence-electron chi connectivity index (χ2n) is 7.14. The summed E-state index contributed by atoms with van der Waals surface area (Å²) in [5.74, 6) is 2.22. The van der Waals surface area contributed by atoms with E-state index in [1.165, 1.54) is 18.4 Å². The molecule has 10 heteroatoms. The van der Waals surface area contributed by atoms with Crippen LogP contribution in [-0.2, 0) is 20.9 Å². The summed E-state index contributed by atoms with van der Waals surface area (Å²) >= 11 is 3.01. The van der Waals surface area contributed by atoms with Crippen LogP contribution in [0.5, 0.6) is 17.2 Å². The Morgan fingerprint density at radius 1 is 1.12 bits per heavy atom. The van der Waals surface area contributed by atoms with E-state index in [9.17, 15) is 9.59 Å². The average molecular weight is 489 g/mol. The first-order valence-corrected chi connectivity index (χ1v) is 12.2. The monoisotopic (exact) mass is 488 g/mol. The predicted octanol–water partition coefficient (Wildman–Crippen LogP) is 3.66. The molecule has 0 bridgehead atoms. The third-order valence-corrected chi connectivity index (χ3v) is 7.08. The number of fused-ring (bicyclic) bond motifs is 2. The predicted molar refractivity (Wildman–Crippen MR) is 126 cm³/mol. The van der Waals surface area contributed by atoms with Crippen molar-refractivity contribution in [2.45, 2.75) is 24.3 Å². The number of methoxy groups -OCH3 is 2. The van der Waals surface area contributed by atoms with Crippen LogP contribution in [0, 0.1) is 0 Å². The van der Waals surface area contributed by atoms with Gasteiger partial charge in [0.05, 0.1) is 24.4 Å². The van der Waals surface area contributed by atoms with Gasteiger partial charge in [0.1, 0.15) is 25.5 Å². The van der Waals surface area contributed by atoms with Crippen molar-refractivity contribution in [3.8, 4) is 17.2 Å². The zero-order valence-corrected chi connectivity index (χ0v) is 20.0. The van der Waals surface area contributed by atoms with Crippen molar-refractivity contribution < 1.29 is 28.5 Å². The molecule has 0 unspecified atom stereocenters. The third kappa shape index (κ3) is 5.69. The quantitative estimate of drug-likeness (QED) is 0.272. The number of amides is 1. The van der Waals surface area contributed by atoms with E-state index in [0.717, 1.165) is 26.6 Å². The number of nitrogens with zero attached hydrogens (tertiary/aromatic N) is 2. The normalized spacial score (nSPS) is 13.2. The molecule has 33 heavy (non-hydrogen) atoms. The zero-order valence-electron chi connectivity index (χ0n) is 18.4. The molecule has 2 aromatic carbocycles. The number of benzene rings is 2. The van der Waals surface area contributed by atoms with Crippen LogP contribution in [0.15, 0.2) is 46.3 Å².